The van der Waals surface area contributed by atoms with E-state index < -0.39 is 5.97 Å². The van der Waals surface area contributed by atoms with Gasteiger partial charge in [0, 0.05) is 32.9 Å². The van der Waals surface area contributed by atoms with Crippen molar-refractivity contribution < 1.29 is 19.5 Å². The largest absolute Gasteiger partial charge is 0.481 e. The highest BCUT2D eigenvalue weighted by molar-refractivity contribution is 5.77. The van der Waals surface area contributed by atoms with Crippen molar-refractivity contribution in [3.63, 3.8) is 0 Å². The van der Waals surface area contributed by atoms with Gasteiger partial charge in [-0.05, 0) is 6.42 Å². The van der Waals surface area contributed by atoms with E-state index in [4.69, 9.17) is 5.11 Å². The quantitative estimate of drug-likeness (QED) is 0.499. The average Bonchev–Trinajstić information content (AvgIpc) is 2.11. The molecule has 0 fully saturated rings. The molecule has 86 valence electrons. The zero-order chi connectivity index (χ0) is 11.7. The zero-order valence-electron chi connectivity index (χ0n) is 8.71. The number of rotatable bonds is 7. The van der Waals surface area contributed by atoms with Gasteiger partial charge in [0.2, 0.25) is 11.8 Å². The molecular formula is C9H16N2O4. The lowest BCUT2D eigenvalue weighted by atomic mass is 10.2. The van der Waals surface area contributed by atoms with Crippen LogP contribution >= 0.6 is 0 Å². The third-order valence-electron chi connectivity index (χ3n) is 1.62. The first-order valence-corrected chi connectivity index (χ1v) is 4.75. The van der Waals surface area contributed by atoms with Crippen LogP contribution in [0.15, 0.2) is 0 Å². The maximum absolute atomic E-state index is 11.1. The van der Waals surface area contributed by atoms with Crippen LogP contribution in [0.4, 0.5) is 0 Å². The van der Waals surface area contributed by atoms with E-state index in [-0.39, 0.29) is 24.7 Å². The van der Waals surface area contributed by atoms with Crippen LogP contribution in [0.1, 0.15) is 26.2 Å². The predicted octanol–water partition coefficient (Wildman–Crippen LogP) is -0.506. The molecule has 0 aliphatic rings. The molecule has 2 amide bonds. The Morgan fingerprint density at radius 3 is 2.20 bits per heavy atom. The third-order valence-corrected chi connectivity index (χ3v) is 1.62. The Morgan fingerprint density at radius 2 is 1.67 bits per heavy atom. The molecule has 3 N–H and O–H groups in total. The van der Waals surface area contributed by atoms with Crippen molar-refractivity contribution in [2.24, 2.45) is 0 Å². The van der Waals surface area contributed by atoms with Crippen molar-refractivity contribution in [2.45, 2.75) is 26.2 Å². The summed E-state index contributed by atoms with van der Waals surface area (Å²) in [4.78, 5) is 31.6. The summed E-state index contributed by atoms with van der Waals surface area (Å²) in [7, 11) is 0. The second-order valence-electron chi connectivity index (χ2n) is 3.08. The fourth-order valence-corrected chi connectivity index (χ4v) is 0.929. The molecule has 0 rings (SSSR count). The molecule has 0 aromatic rings. The van der Waals surface area contributed by atoms with Gasteiger partial charge in [-0.2, -0.15) is 0 Å². The van der Waals surface area contributed by atoms with Gasteiger partial charge in [-0.15, -0.1) is 0 Å². The molecule has 0 atom stereocenters. The molecule has 6 heteroatoms. The fourth-order valence-electron chi connectivity index (χ4n) is 0.929. The van der Waals surface area contributed by atoms with Gasteiger partial charge in [0.05, 0.1) is 0 Å². The molecule has 6 nitrogen and oxygen atoms in total. The molecule has 0 saturated heterocycles. The first kappa shape index (κ1) is 13.4. The number of aliphatic carboxylic acids is 1. The molecule has 0 heterocycles. The molecule has 0 aromatic carbocycles. The second kappa shape index (κ2) is 7.78. The van der Waals surface area contributed by atoms with Crippen LogP contribution in [0, 0.1) is 0 Å². The number of carboxylic acid groups (broad SMARTS) is 1. The topological polar surface area (TPSA) is 95.5 Å². The highest BCUT2D eigenvalue weighted by Gasteiger charge is 2.02. The summed E-state index contributed by atoms with van der Waals surface area (Å²) in [5.41, 5.74) is 0. The molecule has 0 saturated carbocycles. The minimum atomic E-state index is -0.902. The highest BCUT2D eigenvalue weighted by atomic mass is 16.4. The Bertz CT molecular complexity index is 240. The molecular weight excluding hydrogens is 200 g/mol. The summed E-state index contributed by atoms with van der Waals surface area (Å²) in [5, 5.41) is 13.4. The van der Waals surface area contributed by atoms with Gasteiger partial charge in [0.15, 0.2) is 0 Å². The monoisotopic (exact) mass is 216 g/mol. The van der Waals surface area contributed by atoms with E-state index in [2.05, 4.69) is 10.6 Å². The number of hydrogen-bond donors (Lipinski definition) is 3. The Morgan fingerprint density at radius 1 is 1.07 bits per heavy atom. The molecule has 0 aliphatic carbocycles. The Kier molecular flexibility index (Phi) is 6.96. The van der Waals surface area contributed by atoms with E-state index in [1.807, 2.05) is 0 Å². The standard InChI is InChI=1S/C9H16N2O4/c1-7(12)10-5-6-11-8(13)3-2-4-9(14)15/h2-6H2,1H3,(H,10,12)(H,11,13)(H,14,15). The van der Waals surface area contributed by atoms with Crippen LogP contribution in [0.25, 0.3) is 0 Å². The number of carboxylic acids is 1. The van der Waals surface area contributed by atoms with E-state index in [0.717, 1.165) is 0 Å². The number of carbonyl (C=O) groups is 3. The minimum Gasteiger partial charge on any atom is -0.481 e. The molecule has 0 bridgehead atoms. The highest BCUT2D eigenvalue weighted by Crippen LogP contribution is 1.94. The Hall–Kier alpha value is -1.59. The van der Waals surface area contributed by atoms with E-state index in [9.17, 15) is 14.4 Å². The maximum Gasteiger partial charge on any atom is 0.303 e. The Balaban J connectivity index is 3.33. The first-order valence-electron chi connectivity index (χ1n) is 4.75. The van der Waals surface area contributed by atoms with Crippen LogP contribution in [-0.2, 0) is 14.4 Å². The van der Waals surface area contributed by atoms with Crippen LogP contribution < -0.4 is 10.6 Å². The molecule has 0 unspecified atom stereocenters. The zero-order valence-corrected chi connectivity index (χ0v) is 8.71. The van der Waals surface area contributed by atoms with Crippen LogP contribution in [0.5, 0.6) is 0 Å². The Labute approximate surface area is 88.0 Å². The van der Waals surface area contributed by atoms with Gasteiger partial charge in [-0.25, -0.2) is 0 Å². The van der Waals surface area contributed by atoms with Crippen LogP contribution in [0.2, 0.25) is 0 Å². The van der Waals surface area contributed by atoms with Crippen molar-refractivity contribution in [1.82, 2.24) is 10.6 Å². The van der Waals surface area contributed by atoms with Crippen LogP contribution in [0.3, 0.4) is 0 Å². The van der Waals surface area contributed by atoms with Gasteiger partial charge >= 0.3 is 5.97 Å². The van der Waals surface area contributed by atoms with Gasteiger partial charge in [0.1, 0.15) is 0 Å². The number of carbonyl (C=O) groups excluding carboxylic acids is 2. The molecule has 15 heavy (non-hydrogen) atoms. The van der Waals surface area contributed by atoms with Crippen molar-refractivity contribution in [1.29, 1.82) is 0 Å². The average molecular weight is 216 g/mol. The van der Waals surface area contributed by atoms with E-state index in [1.54, 1.807) is 0 Å². The van der Waals surface area contributed by atoms with Crippen molar-refractivity contribution in [3.8, 4) is 0 Å². The van der Waals surface area contributed by atoms with Crippen molar-refractivity contribution >= 4 is 17.8 Å². The smallest absolute Gasteiger partial charge is 0.303 e. The van der Waals surface area contributed by atoms with Gasteiger partial charge < -0.3 is 15.7 Å². The number of hydrogen-bond acceptors (Lipinski definition) is 3. The minimum absolute atomic E-state index is 0.000877. The van der Waals surface area contributed by atoms with Crippen molar-refractivity contribution in [3.05, 3.63) is 0 Å². The van der Waals surface area contributed by atoms with E-state index in [1.165, 1.54) is 6.92 Å². The van der Waals surface area contributed by atoms with Gasteiger partial charge in [-0.3, -0.25) is 14.4 Å². The lowest BCUT2D eigenvalue weighted by Gasteiger charge is -2.04. The van der Waals surface area contributed by atoms with E-state index >= 15 is 0 Å². The van der Waals surface area contributed by atoms with Crippen LogP contribution in [-0.4, -0.2) is 36.0 Å². The summed E-state index contributed by atoms with van der Waals surface area (Å²) in [6.45, 7) is 2.15. The third kappa shape index (κ3) is 10.3. The normalized spacial score (nSPS) is 9.40. The summed E-state index contributed by atoms with van der Waals surface area (Å²) < 4.78 is 0. The van der Waals surface area contributed by atoms with E-state index in [0.29, 0.717) is 19.5 Å². The second-order valence-corrected chi connectivity index (χ2v) is 3.08. The van der Waals surface area contributed by atoms with Crippen molar-refractivity contribution in [2.75, 3.05) is 13.1 Å². The molecule has 0 aromatic heterocycles. The molecule has 0 radical (unpaired) electrons. The summed E-state index contributed by atoms with van der Waals surface area (Å²) in [5.74, 6) is -1.24. The van der Waals surface area contributed by atoms with Gasteiger partial charge in [0.25, 0.3) is 0 Å². The summed E-state index contributed by atoms with van der Waals surface area (Å²) in [6.07, 6.45) is 0.535. The SMILES string of the molecule is CC(=O)NCCNC(=O)CCCC(=O)O. The lowest BCUT2D eigenvalue weighted by molar-refractivity contribution is -0.137. The number of nitrogens with one attached hydrogen (secondary N) is 2. The number of amides is 2. The molecule has 0 spiro atoms. The summed E-state index contributed by atoms with van der Waals surface area (Å²) >= 11 is 0. The lowest BCUT2D eigenvalue weighted by Crippen LogP contribution is -2.33. The fraction of sp³-hybridized carbons (Fsp3) is 0.667. The first-order chi connectivity index (χ1) is 7.02. The maximum atomic E-state index is 11.1. The van der Waals surface area contributed by atoms with Gasteiger partial charge in [-0.1, -0.05) is 0 Å². The summed E-state index contributed by atoms with van der Waals surface area (Å²) in [6, 6.07) is 0. The molecule has 0 aliphatic heterocycles. The predicted molar refractivity (Wildman–Crippen MR) is 53.2 cm³/mol.